The Kier molecular flexibility index (Phi) is 34.0. The van der Waals surface area contributed by atoms with Crippen molar-refractivity contribution in [3.63, 3.8) is 0 Å². The van der Waals surface area contributed by atoms with Gasteiger partial charge in [-0.15, -0.1) is 0 Å². The molecule has 5 nitrogen and oxygen atoms in total. The van der Waals surface area contributed by atoms with Crippen molar-refractivity contribution in [1.82, 2.24) is 0 Å². The summed E-state index contributed by atoms with van der Waals surface area (Å²) >= 11 is 0. The molecule has 2 unspecified atom stereocenters. The van der Waals surface area contributed by atoms with Gasteiger partial charge in [-0.05, 0) is 71.1 Å². The van der Waals surface area contributed by atoms with Gasteiger partial charge in [0.25, 0.3) is 0 Å². The third kappa shape index (κ3) is 33.6. The fraction of sp³-hybridized carbons (Fsp3) is 0.850. The zero-order valence-corrected chi connectivity index (χ0v) is 30.2. The number of unbranched alkanes of at least 4 members (excludes halogenated alkanes) is 22. The number of esters is 2. The van der Waals surface area contributed by atoms with E-state index in [0.29, 0.717) is 12.8 Å². The number of nitrogens with two attached hydrogens (primary N) is 1. The Morgan fingerprint density at radius 2 is 0.844 bits per heavy atom. The predicted molar refractivity (Wildman–Crippen MR) is 193 cm³/mol. The summed E-state index contributed by atoms with van der Waals surface area (Å²) in [7, 11) is 0. The summed E-state index contributed by atoms with van der Waals surface area (Å²) in [4.78, 5) is 24.5. The van der Waals surface area contributed by atoms with Crippen LogP contribution < -0.4 is 5.73 Å². The van der Waals surface area contributed by atoms with Gasteiger partial charge in [0, 0.05) is 18.9 Å². The molecule has 0 aromatic carbocycles. The van der Waals surface area contributed by atoms with Crippen LogP contribution in [0.1, 0.15) is 201 Å². The van der Waals surface area contributed by atoms with E-state index in [-0.39, 0.29) is 24.6 Å². The summed E-state index contributed by atoms with van der Waals surface area (Å²) in [6.07, 6.45) is 41.5. The van der Waals surface area contributed by atoms with Crippen LogP contribution in [0.4, 0.5) is 0 Å². The molecule has 0 radical (unpaired) electrons. The Balaban J connectivity index is 3.69. The van der Waals surface area contributed by atoms with Crippen molar-refractivity contribution >= 4 is 11.9 Å². The summed E-state index contributed by atoms with van der Waals surface area (Å²) in [6.45, 7) is 6.36. The van der Waals surface area contributed by atoms with Crippen LogP contribution in [0.5, 0.6) is 0 Å². The molecule has 2 atom stereocenters. The summed E-state index contributed by atoms with van der Waals surface area (Å²) < 4.78 is 11.0. The largest absolute Gasteiger partial charge is 0.462 e. The maximum atomic E-state index is 12.3. The molecule has 0 aromatic heterocycles. The zero-order chi connectivity index (χ0) is 33.1. The zero-order valence-electron chi connectivity index (χ0n) is 30.2. The third-order valence-corrected chi connectivity index (χ3v) is 8.56. The van der Waals surface area contributed by atoms with E-state index in [4.69, 9.17) is 15.2 Å². The fourth-order valence-corrected chi connectivity index (χ4v) is 5.45. The molecule has 5 heteroatoms. The monoisotopic (exact) mass is 634 g/mol. The SMILES string of the molecule is CCCCCCCC/C=C\CCCCCCCC(=O)OCC(OC(=O)CCCCCCC/C=C\CCCCCCCC)C(C)N. The van der Waals surface area contributed by atoms with Gasteiger partial charge >= 0.3 is 11.9 Å². The lowest BCUT2D eigenvalue weighted by atomic mass is 10.1. The van der Waals surface area contributed by atoms with E-state index in [1.807, 2.05) is 0 Å². The van der Waals surface area contributed by atoms with Gasteiger partial charge in [0.15, 0.2) is 6.10 Å². The van der Waals surface area contributed by atoms with Gasteiger partial charge in [0.05, 0.1) is 0 Å². The van der Waals surface area contributed by atoms with Gasteiger partial charge in [0.2, 0.25) is 0 Å². The number of carbonyl (C=O) groups excluding carboxylic acids is 2. The molecule has 45 heavy (non-hydrogen) atoms. The topological polar surface area (TPSA) is 78.6 Å². The van der Waals surface area contributed by atoms with Crippen molar-refractivity contribution in [3.8, 4) is 0 Å². The minimum Gasteiger partial charge on any atom is -0.462 e. The Morgan fingerprint density at radius 1 is 0.511 bits per heavy atom. The molecule has 0 heterocycles. The molecular weight excluding hydrogens is 558 g/mol. The smallest absolute Gasteiger partial charge is 0.306 e. The molecule has 264 valence electrons. The predicted octanol–water partition coefficient (Wildman–Crippen LogP) is 11.9. The maximum absolute atomic E-state index is 12.3. The Labute approximate surface area is 279 Å². The van der Waals surface area contributed by atoms with E-state index in [2.05, 4.69) is 38.2 Å². The standard InChI is InChI=1S/C40H75NO4/c1-4-6-8-10-12-14-16-18-20-22-24-26-28-30-32-34-39(42)44-36-38(37(3)41)45-40(43)35-33-31-29-27-25-23-21-19-17-15-13-11-9-7-5-2/h18-21,37-38H,4-17,22-36,41H2,1-3H3/b20-18-,21-19-. The van der Waals surface area contributed by atoms with E-state index in [1.165, 1.54) is 116 Å². The van der Waals surface area contributed by atoms with Gasteiger partial charge in [-0.3, -0.25) is 9.59 Å². The van der Waals surface area contributed by atoms with Crippen LogP contribution in [0.15, 0.2) is 24.3 Å². The highest BCUT2D eigenvalue weighted by Gasteiger charge is 2.20. The van der Waals surface area contributed by atoms with Crippen molar-refractivity contribution < 1.29 is 19.1 Å². The lowest BCUT2D eigenvalue weighted by Gasteiger charge is -2.21. The van der Waals surface area contributed by atoms with Gasteiger partial charge in [-0.2, -0.15) is 0 Å². The minimum absolute atomic E-state index is 0.0414. The van der Waals surface area contributed by atoms with Crippen LogP contribution in [-0.2, 0) is 19.1 Å². The lowest BCUT2D eigenvalue weighted by molar-refractivity contribution is -0.160. The Bertz CT molecular complexity index is 702. The van der Waals surface area contributed by atoms with Crippen LogP contribution in [0, 0.1) is 0 Å². The molecule has 0 aliphatic heterocycles. The van der Waals surface area contributed by atoms with Crippen LogP contribution in [0.2, 0.25) is 0 Å². The van der Waals surface area contributed by atoms with E-state index in [0.717, 1.165) is 51.4 Å². The van der Waals surface area contributed by atoms with Crippen molar-refractivity contribution in [2.45, 2.75) is 213 Å². The van der Waals surface area contributed by atoms with E-state index < -0.39 is 6.10 Å². The summed E-state index contributed by atoms with van der Waals surface area (Å²) in [5, 5.41) is 0. The third-order valence-electron chi connectivity index (χ3n) is 8.56. The average molecular weight is 634 g/mol. The molecule has 0 bridgehead atoms. The second kappa shape index (κ2) is 35.2. The molecule has 0 aromatic rings. The van der Waals surface area contributed by atoms with Crippen LogP contribution in [0.25, 0.3) is 0 Å². The van der Waals surface area contributed by atoms with Crippen molar-refractivity contribution in [3.05, 3.63) is 24.3 Å². The van der Waals surface area contributed by atoms with Crippen LogP contribution in [0.3, 0.4) is 0 Å². The molecule has 0 rings (SSSR count). The second-order valence-corrected chi connectivity index (χ2v) is 13.2. The Morgan fingerprint density at radius 3 is 1.22 bits per heavy atom. The molecule has 2 N–H and O–H groups in total. The first kappa shape index (κ1) is 43.4. The van der Waals surface area contributed by atoms with E-state index in [9.17, 15) is 9.59 Å². The first-order valence-electron chi connectivity index (χ1n) is 19.4. The molecule has 0 saturated heterocycles. The maximum Gasteiger partial charge on any atom is 0.306 e. The van der Waals surface area contributed by atoms with Crippen molar-refractivity contribution in [1.29, 1.82) is 0 Å². The van der Waals surface area contributed by atoms with Gasteiger partial charge < -0.3 is 15.2 Å². The average Bonchev–Trinajstić information content (AvgIpc) is 3.02. The summed E-state index contributed by atoms with van der Waals surface area (Å²) in [5.41, 5.74) is 6.01. The first-order valence-corrected chi connectivity index (χ1v) is 19.4. The molecule has 0 aliphatic carbocycles. The summed E-state index contributed by atoms with van der Waals surface area (Å²) in [6, 6.07) is -0.379. The minimum atomic E-state index is -0.585. The molecule has 0 saturated carbocycles. The number of rotatable bonds is 34. The molecule has 0 spiro atoms. The molecule has 0 aliphatic rings. The fourth-order valence-electron chi connectivity index (χ4n) is 5.45. The van der Waals surface area contributed by atoms with Crippen LogP contribution in [-0.4, -0.2) is 30.7 Å². The number of carbonyl (C=O) groups is 2. The number of hydrogen-bond donors (Lipinski definition) is 1. The highest BCUT2D eigenvalue weighted by atomic mass is 16.6. The quantitative estimate of drug-likeness (QED) is 0.0433. The van der Waals surface area contributed by atoms with Gasteiger partial charge in [0.1, 0.15) is 6.61 Å². The van der Waals surface area contributed by atoms with E-state index >= 15 is 0 Å². The highest BCUT2D eigenvalue weighted by Crippen LogP contribution is 2.13. The van der Waals surface area contributed by atoms with Crippen molar-refractivity contribution in [2.24, 2.45) is 5.73 Å². The molecule has 0 fully saturated rings. The normalized spacial score (nSPS) is 13.1. The second-order valence-electron chi connectivity index (χ2n) is 13.2. The Hall–Kier alpha value is -1.62. The van der Waals surface area contributed by atoms with Gasteiger partial charge in [-0.25, -0.2) is 0 Å². The summed E-state index contributed by atoms with van der Waals surface area (Å²) in [5.74, 6) is -0.477. The molecule has 0 amide bonds. The number of ether oxygens (including phenoxy) is 2. The van der Waals surface area contributed by atoms with Crippen LogP contribution >= 0.6 is 0 Å². The van der Waals surface area contributed by atoms with Crippen molar-refractivity contribution in [2.75, 3.05) is 6.61 Å². The van der Waals surface area contributed by atoms with Gasteiger partial charge in [-0.1, -0.05) is 141 Å². The number of hydrogen-bond acceptors (Lipinski definition) is 5. The highest BCUT2D eigenvalue weighted by molar-refractivity contribution is 5.70. The molecular formula is C40H75NO4. The first-order chi connectivity index (χ1) is 22.0. The number of allylic oxidation sites excluding steroid dienone is 4. The van der Waals surface area contributed by atoms with E-state index in [1.54, 1.807) is 6.92 Å². The lowest BCUT2D eigenvalue weighted by Crippen LogP contribution is -2.39.